The van der Waals surface area contributed by atoms with Gasteiger partial charge in [0.15, 0.2) is 0 Å². The highest BCUT2D eigenvalue weighted by atomic mass is 15.3. The average Bonchev–Trinajstić information content (AvgIpc) is 3.13. The van der Waals surface area contributed by atoms with Gasteiger partial charge in [0.05, 0.1) is 0 Å². The molecule has 0 radical (unpaired) electrons. The molecular weight excluding hydrogens is 589 g/mol. The lowest BCUT2D eigenvalue weighted by molar-refractivity contribution is 0.153. The highest BCUT2D eigenvalue weighted by molar-refractivity contribution is 5.55. The molecule has 48 heavy (non-hydrogen) atoms. The second kappa shape index (κ2) is 14.0. The van der Waals surface area contributed by atoms with Gasteiger partial charge >= 0.3 is 0 Å². The molecule has 0 bridgehead atoms. The standard InChI is InChI=1S/C42H46N6/c1-6-16-30(17-7-1)43-35-26-39-41(28-37(35)45-32-20-10-3-11-21-32)48(34-24-14-5-15-25-34)42-29-38(46-33-22-12-4-13-23-33)36(27-40(42)47-39)44-31-18-8-2-9-19-31/h1-25,35-47H,26-29H2. The molecule has 1 heterocycles. The monoisotopic (exact) mass is 634 g/mol. The van der Waals surface area contributed by atoms with Gasteiger partial charge in [0.25, 0.3) is 0 Å². The summed E-state index contributed by atoms with van der Waals surface area (Å²) in [6.45, 7) is 0. The average molecular weight is 635 g/mol. The van der Waals surface area contributed by atoms with Crippen molar-refractivity contribution in [1.29, 1.82) is 0 Å². The van der Waals surface area contributed by atoms with Gasteiger partial charge in [0, 0.05) is 76.8 Å². The minimum atomic E-state index is 0.257. The van der Waals surface area contributed by atoms with Crippen LogP contribution in [0.3, 0.4) is 0 Å². The van der Waals surface area contributed by atoms with E-state index in [0.717, 1.165) is 25.7 Å². The quantitative estimate of drug-likeness (QED) is 0.113. The van der Waals surface area contributed by atoms with Crippen LogP contribution in [-0.2, 0) is 0 Å². The fourth-order valence-corrected chi connectivity index (χ4v) is 8.48. The molecule has 244 valence electrons. The van der Waals surface area contributed by atoms with Gasteiger partial charge in [-0.15, -0.1) is 0 Å². The molecule has 8 atom stereocenters. The minimum absolute atomic E-state index is 0.257. The van der Waals surface area contributed by atoms with Crippen LogP contribution in [0.2, 0.25) is 0 Å². The summed E-state index contributed by atoms with van der Waals surface area (Å²) in [5, 5.41) is 20.1. The number of nitrogens with zero attached hydrogens (tertiary/aromatic N) is 1. The summed E-state index contributed by atoms with van der Waals surface area (Å²) in [6, 6.07) is 56.5. The number of hydrogen-bond donors (Lipinski definition) is 5. The second-order valence-corrected chi connectivity index (χ2v) is 13.7. The van der Waals surface area contributed by atoms with E-state index in [-0.39, 0.29) is 24.2 Å². The van der Waals surface area contributed by atoms with Gasteiger partial charge in [0.2, 0.25) is 0 Å². The Hall–Kier alpha value is -4.94. The number of para-hydroxylation sites is 5. The van der Waals surface area contributed by atoms with Crippen LogP contribution in [-0.4, -0.2) is 48.3 Å². The lowest BCUT2D eigenvalue weighted by atomic mass is 9.73. The molecule has 6 heteroatoms. The van der Waals surface area contributed by atoms with Crippen molar-refractivity contribution in [2.75, 3.05) is 26.2 Å². The molecule has 5 aromatic rings. The van der Waals surface area contributed by atoms with Gasteiger partial charge in [-0.05, 0) is 86.3 Å². The number of anilines is 5. The molecule has 0 amide bonds. The molecule has 8 rings (SSSR count). The van der Waals surface area contributed by atoms with Crippen molar-refractivity contribution in [2.45, 2.75) is 74.0 Å². The van der Waals surface area contributed by atoms with Gasteiger partial charge in [-0.1, -0.05) is 91.0 Å². The zero-order valence-corrected chi connectivity index (χ0v) is 27.3. The number of nitrogens with one attached hydrogen (secondary N) is 5. The van der Waals surface area contributed by atoms with Crippen LogP contribution in [0.4, 0.5) is 28.4 Å². The predicted octanol–water partition coefficient (Wildman–Crippen LogP) is 8.08. The predicted molar refractivity (Wildman–Crippen MR) is 201 cm³/mol. The van der Waals surface area contributed by atoms with Crippen molar-refractivity contribution >= 4 is 28.4 Å². The lowest BCUT2D eigenvalue weighted by Crippen LogP contribution is -2.74. The van der Waals surface area contributed by atoms with Gasteiger partial charge in [-0.2, -0.15) is 0 Å². The topological polar surface area (TPSA) is 63.4 Å². The molecule has 5 aromatic carbocycles. The Morgan fingerprint density at radius 1 is 0.375 bits per heavy atom. The van der Waals surface area contributed by atoms with Crippen LogP contribution in [0.25, 0.3) is 0 Å². The largest absolute Gasteiger partial charge is 0.380 e. The van der Waals surface area contributed by atoms with Gasteiger partial charge in [-0.25, -0.2) is 0 Å². The van der Waals surface area contributed by atoms with Crippen LogP contribution in [0.1, 0.15) is 25.7 Å². The number of piperazine rings is 1. The van der Waals surface area contributed by atoms with E-state index in [1.165, 1.54) is 28.4 Å². The first kappa shape index (κ1) is 30.4. The van der Waals surface area contributed by atoms with Crippen LogP contribution in [0.15, 0.2) is 152 Å². The van der Waals surface area contributed by atoms with E-state index in [4.69, 9.17) is 0 Å². The molecule has 6 nitrogen and oxygen atoms in total. The molecule has 3 aliphatic rings. The normalized spacial score (nSPS) is 28.0. The minimum Gasteiger partial charge on any atom is -0.380 e. The number of hydrogen-bond acceptors (Lipinski definition) is 6. The first-order valence-electron chi connectivity index (χ1n) is 17.6. The lowest BCUT2D eigenvalue weighted by Gasteiger charge is -2.59. The maximum Gasteiger partial charge on any atom is 0.0483 e. The Morgan fingerprint density at radius 2 is 0.667 bits per heavy atom. The third kappa shape index (κ3) is 6.71. The Labute approximate surface area is 285 Å². The summed E-state index contributed by atoms with van der Waals surface area (Å²) in [5.41, 5.74) is 6.02. The molecule has 2 aliphatic carbocycles. The third-order valence-electron chi connectivity index (χ3n) is 10.6. The van der Waals surface area contributed by atoms with E-state index in [9.17, 15) is 0 Å². The Balaban J connectivity index is 1.13. The maximum absolute atomic E-state index is 4.28. The van der Waals surface area contributed by atoms with E-state index in [0.29, 0.717) is 24.2 Å². The van der Waals surface area contributed by atoms with Crippen molar-refractivity contribution in [1.82, 2.24) is 5.32 Å². The number of rotatable bonds is 9. The van der Waals surface area contributed by atoms with Gasteiger partial charge < -0.3 is 31.5 Å². The van der Waals surface area contributed by atoms with Crippen LogP contribution in [0.5, 0.6) is 0 Å². The fourth-order valence-electron chi connectivity index (χ4n) is 8.48. The second-order valence-electron chi connectivity index (χ2n) is 13.7. The molecule has 0 aromatic heterocycles. The van der Waals surface area contributed by atoms with E-state index >= 15 is 0 Å². The van der Waals surface area contributed by atoms with E-state index in [1.54, 1.807) is 0 Å². The molecule has 3 fully saturated rings. The summed E-state index contributed by atoms with van der Waals surface area (Å²) in [6.07, 6.45) is 4.10. The van der Waals surface area contributed by atoms with Crippen molar-refractivity contribution in [3.63, 3.8) is 0 Å². The zero-order valence-electron chi connectivity index (χ0n) is 27.3. The Morgan fingerprint density at radius 3 is 1.00 bits per heavy atom. The SMILES string of the molecule is c1ccc(NC2CC3NC4CC(Nc5ccccc5)C(Nc5ccccc5)CC4N(c4ccccc4)C3CC2Nc2ccccc2)cc1. The summed E-state index contributed by atoms with van der Waals surface area (Å²) < 4.78 is 0. The first-order chi connectivity index (χ1) is 23.8. The fraction of sp³-hybridized carbons (Fsp3) is 0.286. The Bertz CT molecular complexity index is 1600. The number of fused-ring (bicyclic) bond motifs is 2. The van der Waals surface area contributed by atoms with Gasteiger partial charge in [-0.3, -0.25) is 0 Å². The summed E-state index contributed by atoms with van der Waals surface area (Å²) in [5.74, 6) is 0. The third-order valence-corrected chi connectivity index (χ3v) is 10.6. The Kier molecular flexibility index (Phi) is 8.89. The molecular formula is C42H46N6. The van der Waals surface area contributed by atoms with Crippen LogP contribution >= 0.6 is 0 Å². The maximum atomic E-state index is 4.28. The van der Waals surface area contributed by atoms with E-state index in [2.05, 4.69) is 183 Å². The molecule has 8 unspecified atom stereocenters. The first-order valence-corrected chi connectivity index (χ1v) is 17.6. The highest BCUT2D eigenvalue weighted by Crippen LogP contribution is 2.41. The highest BCUT2D eigenvalue weighted by Gasteiger charge is 2.51. The van der Waals surface area contributed by atoms with Crippen molar-refractivity contribution in [3.05, 3.63) is 152 Å². The number of benzene rings is 5. The molecule has 2 saturated carbocycles. The smallest absolute Gasteiger partial charge is 0.0483 e. The zero-order chi connectivity index (χ0) is 32.1. The van der Waals surface area contributed by atoms with Crippen LogP contribution in [0, 0.1) is 0 Å². The van der Waals surface area contributed by atoms with Crippen LogP contribution < -0.4 is 31.5 Å². The molecule has 0 spiro atoms. The molecule has 5 N–H and O–H groups in total. The summed E-state index contributed by atoms with van der Waals surface area (Å²) >= 11 is 0. The van der Waals surface area contributed by atoms with Crippen molar-refractivity contribution < 1.29 is 0 Å². The van der Waals surface area contributed by atoms with Gasteiger partial charge in [0.1, 0.15) is 0 Å². The molecule has 1 aliphatic heterocycles. The van der Waals surface area contributed by atoms with Crippen molar-refractivity contribution in [2.24, 2.45) is 0 Å². The molecule has 1 saturated heterocycles. The van der Waals surface area contributed by atoms with E-state index < -0.39 is 0 Å². The summed E-state index contributed by atoms with van der Waals surface area (Å²) in [4.78, 5) is 2.81. The van der Waals surface area contributed by atoms with Crippen molar-refractivity contribution in [3.8, 4) is 0 Å². The van der Waals surface area contributed by atoms with E-state index in [1.807, 2.05) is 0 Å². The summed E-state index contributed by atoms with van der Waals surface area (Å²) in [7, 11) is 0.